The summed E-state index contributed by atoms with van der Waals surface area (Å²) in [6, 6.07) is 4.37. The van der Waals surface area contributed by atoms with Crippen LogP contribution in [0.4, 0.5) is 4.39 Å². The molecule has 0 unspecified atom stereocenters. The Morgan fingerprint density at radius 1 is 1.53 bits per heavy atom. The van der Waals surface area contributed by atoms with Crippen LogP contribution in [-0.4, -0.2) is 21.0 Å². The number of rotatable bonds is 3. The van der Waals surface area contributed by atoms with Gasteiger partial charge in [0.25, 0.3) is 0 Å². The van der Waals surface area contributed by atoms with E-state index in [4.69, 9.17) is 16.7 Å². The fourth-order valence-corrected chi connectivity index (χ4v) is 1.66. The van der Waals surface area contributed by atoms with Crippen molar-refractivity contribution in [3.8, 4) is 0 Å². The third-order valence-corrected chi connectivity index (χ3v) is 2.62. The van der Waals surface area contributed by atoms with Crippen molar-refractivity contribution < 1.29 is 14.3 Å². The van der Waals surface area contributed by atoms with Crippen LogP contribution in [0.5, 0.6) is 0 Å². The number of benzene rings is 1. The number of aromatic amines is 1. The summed E-state index contributed by atoms with van der Waals surface area (Å²) in [4.78, 5) is 17.1. The first-order chi connectivity index (χ1) is 8.08. The fourth-order valence-electron chi connectivity index (χ4n) is 1.43. The SMILES string of the molecule is O=C(O)c1cnc(Cc2c(F)cccc2Cl)[nH]1. The molecule has 0 aliphatic rings. The number of hydrogen-bond acceptors (Lipinski definition) is 2. The lowest BCUT2D eigenvalue weighted by molar-refractivity contribution is 0.0691. The Bertz CT molecular complexity index is 548. The Morgan fingerprint density at radius 2 is 2.29 bits per heavy atom. The van der Waals surface area contributed by atoms with E-state index in [1.165, 1.54) is 18.3 Å². The molecule has 0 fully saturated rings. The van der Waals surface area contributed by atoms with E-state index in [0.717, 1.165) is 0 Å². The van der Waals surface area contributed by atoms with Gasteiger partial charge < -0.3 is 10.1 Å². The molecule has 0 saturated carbocycles. The monoisotopic (exact) mass is 254 g/mol. The molecule has 0 aliphatic heterocycles. The first-order valence-electron chi connectivity index (χ1n) is 4.78. The second kappa shape index (κ2) is 4.55. The number of nitrogens with zero attached hydrogens (tertiary/aromatic N) is 1. The van der Waals surface area contributed by atoms with E-state index in [0.29, 0.717) is 16.4 Å². The highest BCUT2D eigenvalue weighted by atomic mass is 35.5. The van der Waals surface area contributed by atoms with E-state index < -0.39 is 11.8 Å². The Hall–Kier alpha value is -1.88. The number of halogens is 2. The molecule has 1 aromatic carbocycles. The van der Waals surface area contributed by atoms with E-state index >= 15 is 0 Å². The van der Waals surface area contributed by atoms with Gasteiger partial charge >= 0.3 is 5.97 Å². The summed E-state index contributed by atoms with van der Waals surface area (Å²) in [5, 5.41) is 8.99. The van der Waals surface area contributed by atoms with Gasteiger partial charge in [-0.15, -0.1) is 0 Å². The smallest absolute Gasteiger partial charge is 0.353 e. The third kappa shape index (κ3) is 2.45. The summed E-state index contributed by atoms with van der Waals surface area (Å²) in [5.41, 5.74) is 0.257. The summed E-state index contributed by atoms with van der Waals surface area (Å²) in [6.07, 6.45) is 1.31. The van der Waals surface area contributed by atoms with E-state index in [1.54, 1.807) is 6.07 Å². The van der Waals surface area contributed by atoms with Crippen LogP contribution in [0.2, 0.25) is 5.02 Å². The summed E-state index contributed by atoms with van der Waals surface area (Å²) in [5.74, 6) is -1.19. The first kappa shape index (κ1) is 11.6. The Labute approximate surface area is 101 Å². The highest BCUT2D eigenvalue weighted by molar-refractivity contribution is 6.31. The van der Waals surface area contributed by atoms with Gasteiger partial charge in [-0.3, -0.25) is 0 Å². The number of H-pyrrole nitrogens is 1. The second-order valence-electron chi connectivity index (χ2n) is 3.43. The van der Waals surface area contributed by atoms with Crippen molar-refractivity contribution in [2.45, 2.75) is 6.42 Å². The van der Waals surface area contributed by atoms with E-state index in [2.05, 4.69) is 9.97 Å². The van der Waals surface area contributed by atoms with Crippen molar-refractivity contribution in [2.24, 2.45) is 0 Å². The van der Waals surface area contributed by atoms with Gasteiger partial charge in [0.15, 0.2) is 0 Å². The summed E-state index contributed by atoms with van der Waals surface area (Å²) >= 11 is 5.85. The quantitative estimate of drug-likeness (QED) is 0.884. The van der Waals surface area contributed by atoms with E-state index in [-0.39, 0.29) is 12.1 Å². The number of nitrogens with one attached hydrogen (secondary N) is 1. The van der Waals surface area contributed by atoms with Crippen LogP contribution in [-0.2, 0) is 6.42 Å². The average Bonchev–Trinajstić information content (AvgIpc) is 2.72. The van der Waals surface area contributed by atoms with Crippen LogP contribution < -0.4 is 0 Å². The predicted molar refractivity (Wildman–Crippen MR) is 59.8 cm³/mol. The number of hydrogen-bond donors (Lipinski definition) is 2. The molecule has 0 atom stereocenters. The summed E-state index contributed by atoms with van der Waals surface area (Å²) in [6.45, 7) is 0. The zero-order chi connectivity index (χ0) is 12.4. The average molecular weight is 255 g/mol. The third-order valence-electron chi connectivity index (χ3n) is 2.26. The molecule has 6 heteroatoms. The molecule has 2 aromatic rings. The van der Waals surface area contributed by atoms with Gasteiger partial charge in [-0.25, -0.2) is 14.2 Å². The van der Waals surface area contributed by atoms with Crippen molar-refractivity contribution in [1.82, 2.24) is 9.97 Å². The van der Waals surface area contributed by atoms with Crippen molar-refractivity contribution in [3.63, 3.8) is 0 Å². The molecular weight excluding hydrogens is 247 g/mol. The molecule has 0 spiro atoms. The van der Waals surface area contributed by atoms with Gasteiger partial charge in [-0.1, -0.05) is 17.7 Å². The van der Waals surface area contributed by atoms with Crippen LogP contribution in [0.25, 0.3) is 0 Å². The largest absolute Gasteiger partial charge is 0.477 e. The summed E-state index contributed by atoms with van der Waals surface area (Å²) in [7, 11) is 0. The highest BCUT2D eigenvalue weighted by Gasteiger charge is 2.12. The van der Waals surface area contributed by atoms with Gasteiger partial charge in [0, 0.05) is 17.0 Å². The van der Waals surface area contributed by atoms with Crippen molar-refractivity contribution in [2.75, 3.05) is 0 Å². The minimum absolute atomic E-state index is 0.0348. The number of aromatic nitrogens is 2. The Kier molecular flexibility index (Phi) is 3.10. The molecule has 2 N–H and O–H groups in total. The number of aromatic carboxylic acids is 1. The Morgan fingerprint density at radius 3 is 2.88 bits per heavy atom. The molecule has 17 heavy (non-hydrogen) atoms. The first-order valence-corrected chi connectivity index (χ1v) is 5.16. The standard InChI is InChI=1S/C11H8ClFN2O2/c12-7-2-1-3-8(13)6(7)4-10-14-5-9(15-10)11(16)17/h1-3,5H,4H2,(H,14,15)(H,16,17). The van der Waals surface area contributed by atoms with Crippen LogP contribution in [0.1, 0.15) is 21.9 Å². The van der Waals surface area contributed by atoms with Gasteiger partial charge in [0.05, 0.1) is 6.20 Å². The molecule has 1 aromatic heterocycles. The number of imidazole rings is 1. The lowest BCUT2D eigenvalue weighted by atomic mass is 10.1. The maximum absolute atomic E-state index is 13.5. The molecule has 0 radical (unpaired) electrons. The van der Waals surface area contributed by atoms with Crippen LogP contribution in [0, 0.1) is 5.82 Å². The number of carboxylic acid groups (broad SMARTS) is 1. The molecule has 4 nitrogen and oxygen atoms in total. The van der Waals surface area contributed by atoms with Crippen molar-refractivity contribution in [1.29, 1.82) is 0 Å². The van der Waals surface area contributed by atoms with E-state index in [1.807, 2.05) is 0 Å². The maximum atomic E-state index is 13.5. The van der Waals surface area contributed by atoms with Crippen molar-refractivity contribution in [3.05, 3.63) is 52.3 Å². The van der Waals surface area contributed by atoms with Gasteiger partial charge in [-0.05, 0) is 12.1 Å². The molecular formula is C11H8ClFN2O2. The minimum Gasteiger partial charge on any atom is -0.477 e. The fraction of sp³-hybridized carbons (Fsp3) is 0.0909. The van der Waals surface area contributed by atoms with E-state index in [9.17, 15) is 9.18 Å². The Balaban J connectivity index is 2.28. The van der Waals surface area contributed by atoms with Gasteiger partial charge in [0.1, 0.15) is 17.3 Å². The van der Waals surface area contributed by atoms with Gasteiger partial charge in [-0.2, -0.15) is 0 Å². The van der Waals surface area contributed by atoms with Gasteiger partial charge in [0.2, 0.25) is 0 Å². The van der Waals surface area contributed by atoms with Crippen molar-refractivity contribution >= 4 is 17.6 Å². The lowest BCUT2D eigenvalue weighted by Crippen LogP contribution is -1.99. The summed E-state index contributed by atoms with van der Waals surface area (Å²) < 4.78 is 13.5. The molecule has 0 aliphatic carbocycles. The molecule has 2 rings (SSSR count). The molecule has 1 heterocycles. The number of carboxylic acids is 1. The second-order valence-corrected chi connectivity index (χ2v) is 3.83. The molecule has 0 saturated heterocycles. The highest BCUT2D eigenvalue weighted by Crippen LogP contribution is 2.21. The van der Waals surface area contributed by atoms with Crippen LogP contribution in [0.3, 0.4) is 0 Å². The number of carbonyl (C=O) groups is 1. The topological polar surface area (TPSA) is 66.0 Å². The van der Waals surface area contributed by atoms with Crippen LogP contribution >= 0.6 is 11.6 Å². The predicted octanol–water partition coefficient (Wildman–Crippen LogP) is 2.49. The lowest BCUT2D eigenvalue weighted by Gasteiger charge is -2.03. The molecule has 0 bridgehead atoms. The minimum atomic E-state index is -1.11. The zero-order valence-electron chi connectivity index (χ0n) is 8.58. The normalized spacial score (nSPS) is 10.5. The zero-order valence-corrected chi connectivity index (χ0v) is 9.33. The maximum Gasteiger partial charge on any atom is 0.353 e. The molecule has 88 valence electrons. The van der Waals surface area contributed by atoms with Crippen LogP contribution in [0.15, 0.2) is 24.4 Å². The molecule has 0 amide bonds.